The molecule has 96 valence electrons. The highest BCUT2D eigenvalue weighted by atomic mass is 32.1. The molecule has 2 rings (SSSR count). The van der Waals surface area contributed by atoms with Gasteiger partial charge in [0.2, 0.25) is 0 Å². The predicted octanol–water partition coefficient (Wildman–Crippen LogP) is 2.70. The molecule has 0 aliphatic carbocycles. The largest absolute Gasteiger partial charge is 0.393 e. The number of hydrogen-bond acceptors (Lipinski definition) is 4. The van der Waals surface area contributed by atoms with Crippen LogP contribution in [0.25, 0.3) is 0 Å². The molecule has 3 nitrogen and oxygen atoms in total. The Morgan fingerprint density at radius 2 is 2.24 bits per heavy atom. The van der Waals surface area contributed by atoms with Gasteiger partial charge in [0, 0.05) is 12.1 Å². The van der Waals surface area contributed by atoms with Crippen LogP contribution in [0.2, 0.25) is 0 Å². The molecule has 1 atom stereocenters. The molecule has 1 fully saturated rings. The number of alkyl halides is 3. The first-order chi connectivity index (χ1) is 7.82. The van der Waals surface area contributed by atoms with E-state index >= 15 is 0 Å². The van der Waals surface area contributed by atoms with E-state index in [1.807, 2.05) is 4.90 Å². The lowest BCUT2D eigenvalue weighted by Gasteiger charge is -2.36. The molecule has 0 N–H and O–H groups in total. The Morgan fingerprint density at radius 3 is 2.71 bits per heavy atom. The molecule has 0 bridgehead atoms. The van der Waals surface area contributed by atoms with Crippen molar-refractivity contribution in [2.45, 2.75) is 38.5 Å². The fraction of sp³-hybridized carbons (Fsp3) is 0.800. The number of hydrogen-bond donors (Lipinski definition) is 0. The molecule has 7 heteroatoms. The zero-order valence-electron chi connectivity index (χ0n) is 9.66. The minimum absolute atomic E-state index is 0.169. The zero-order valence-corrected chi connectivity index (χ0v) is 10.5. The Bertz CT molecular complexity index is 375. The maximum absolute atomic E-state index is 12.9. The molecule has 0 aromatic carbocycles. The van der Waals surface area contributed by atoms with E-state index in [1.54, 1.807) is 20.0 Å². The van der Waals surface area contributed by atoms with E-state index in [9.17, 15) is 13.2 Å². The van der Waals surface area contributed by atoms with Crippen LogP contribution in [0.1, 0.15) is 25.1 Å². The van der Waals surface area contributed by atoms with Crippen molar-refractivity contribution in [3.8, 4) is 0 Å². The van der Waals surface area contributed by atoms with Gasteiger partial charge >= 0.3 is 6.18 Å². The molecule has 1 aromatic rings. The summed E-state index contributed by atoms with van der Waals surface area (Å²) in [6.07, 6.45) is -2.34. The summed E-state index contributed by atoms with van der Waals surface area (Å²) in [7, 11) is 0. The number of halogens is 3. The highest BCUT2D eigenvalue weighted by molar-refractivity contribution is 7.05. The molecule has 0 radical (unpaired) electrons. The second kappa shape index (κ2) is 4.20. The van der Waals surface area contributed by atoms with Crippen LogP contribution in [-0.2, 0) is 6.54 Å². The summed E-state index contributed by atoms with van der Waals surface area (Å²) in [4.78, 5) is 2.77. The lowest BCUT2D eigenvalue weighted by atomic mass is 9.88. The first kappa shape index (κ1) is 12.8. The monoisotopic (exact) mass is 265 g/mol. The van der Waals surface area contributed by atoms with Crippen LogP contribution < -0.4 is 0 Å². The molecular weight excluding hydrogens is 251 g/mol. The molecule has 0 amide bonds. The third-order valence-corrected chi connectivity index (χ3v) is 4.15. The fourth-order valence-corrected chi connectivity index (χ4v) is 2.95. The summed E-state index contributed by atoms with van der Waals surface area (Å²) in [6.45, 7) is 4.28. The van der Waals surface area contributed by atoms with Crippen molar-refractivity contribution in [2.24, 2.45) is 5.92 Å². The van der Waals surface area contributed by atoms with E-state index in [-0.39, 0.29) is 6.42 Å². The van der Waals surface area contributed by atoms with Gasteiger partial charge in [-0.25, -0.2) is 0 Å². The van der Waals surface area contributed by atoms with E-state index in [0.717, 1.165) is 4.88 Å². The van der Waals surface area contributed by atoms with Crippen molar-refractivity contribution in [3.05, 3.63) is 11.1 Å². The summed E-state index contributed by atoms with van der Waals surface area (Å²) in [6, 6.07) is 0. The SMILES string of the molecule is CC1(C)C(C(F)(F)F)CCN1Cc1cnns1. The summed E-state index contributed by atoms with van der Waals surface area (Å²) in [5, 5.41) is 3.70. The Morgan fingerprint density at radius 1 is 1.53 bits per heavy atom. The summed E-state index contributed by atoms with van der Waals surface area (Å²) in [5.74, 6) is -1.25. The average molecular weight is 265 g/mol. The number of rotatable bonds is 2. The quantitative estimate of drug-likeness (QED) is 0.823. The molecular formula is C10H14F3N3S. The van der Waals surface area contributed by atoms with Crippen molar-refractivity contribution in [2.75, 3.05) is 6.54 Å². The standard InChI is InChI=1S/C10H14F3N3S/c1-9(2)8(10(11,12)13)3-4-16(9)6-7-5-14-15-17-7/h5,8H,3-4,6H2,1-2H3. The fourth-order valence-electron chi connectivity index (χ4n) is 2.44. The molecule has 0 saturated carbocycles. The number of likely N-dealkylation sites (tertiary alicyclic amines) is 1. The molecule has 0 spiro atoms. The van der Waals surface area contributed by atoms with Gasteiger partial charge in [-0.15, -0.1) is 5.10 Å². The number of aromatic nitrogens is 2. The maximum Gasteiger partial charge on any atom is 0.393 e. The second-order valence-corrected chi connectivity index (χ2v) is 5.71. The minimum Gasteiger partial charge on any atom is -0.292 e. The van der Waals surface area contributed by atoms with Gasteiger partial charge in [0.05, 0.1) is 17.0 Å². The summed E-state index contributed by atoms with van der Waals surface area (Å²) in [5.41, 5.74) is -0.859. The second-order valence-electron chi connectivity index (χ2n) is 4.84. The van der Waals surface area contributed by atoms with Crippen LogP contribution in [0.5, 0.6) is 0 Å². The summed E-state index contributed by atoms with van der Waals surface area (Å²) >= 11 is 1.24. The third-order valence-electron chi connectivity index (χ3n) is 3.50. The van der Waals surface area contributed by atoms with Crippen LogP contribution in [0.4, 0.5) is 13.2 Å². The van der Waals surface area contributed by atoms with Crippen LogP contribution >= 0.6 is 11.5 Å². The predicted molar refractivity (Wildman–Crippen MR) is 58.6 cm³/mol. The Balaban J connectivity index is 2.12. The van der Waals surface area contributed by atoms with Gasteiger partial charge in [-0.2, -0.15) is 13.2 Å². The van der Waals surface area contributed by atoms with Gasteiger partial charge in [-0.1, -0.05) is 4.49 Å². The lowest BCUT2D eigenvalue weighted by Crippen LogP contribution is -2.46. The highest BCUT2D eigenvalue weighted by Crippen LogP contribution is 2.45. The van der Waals surface area contributed by atoms with Crippen molar-refractivity contribution < 1.29 is 13.2 Å². The van der Waals surface area contributed by atoms with Crippen molar-refractivity contribution in [1.29, 1.82) is 0 Å². The summed E-state index contributed by atoms with van der Waals surface area (Å²) < 4.78 is 42.3. The van der Waals surface area contributed by atoms with Crippen molar-refractivity contribution in [3.63, 3.8) is 0 Å². The molecule has 1 aliphatic heterocycles. The smallest absolute Gasteiger partial charge is 0.292 e. The van der Waals surface area contributed by atoms with E-state index in [1.165, 1.54) is 11.5 Å². The van der Waals surface area contributed by atoms with E-state index < -0.39 is 17.6 Å². The van der Waals surface area contributed by atoms with E-state index in [0.29, 0.717) is 13.1 Å². The number of nitrogens with zero attached hydrogens (tertiary/aromatic N) is 3. The van der Waals surface area contributed by atoms with E-state index in [2.05, 4.69) is 9.59 Å². The third kappa shape index (κ3) is 2.44. The topological polar surface area (TPSA) is 29.0 Å². The van der Waals surface area contributed by atoms with Gasteiger partial charge in [0.15, 0.2) is 0 Å². The maximum atomic E-state index is 12.9. The highest BCUT2D eigenvalue weighted by Gasteiger charge is 2.54. The van der Waals surface area contributed by atoms with Gasteiger partial charge in [-0.05, 0) is 38.3 Å². The Hall–Kier alpha value is -0.690. The Labute approximate surface area is 102 Å². The molecule has 1 saturated heterocycles. The van der Waals surface area contributed by atoms with Gasteiger partial charge in [0.1, 0.15) is 0 Å². The minimum atomic E-state index is -4.12. The lowest BCUT2D eigenvalue weighted by molar-refractivity contribution is -0.191. The molecule has 1 unspecified atom stereocenters. The van der Waals surface area contributed by atoms with Crippen molar-refractivity contribution in [1.82, 2.24) is 14.5 Å². The first-order valence-corrected chi connectivity index (χ1v) is 6.17. The van der Waals surface area contributed by atoms with Gasteiger partial charge in [-0.3, -0.25) is 4.90 Å². The normalized spacial score (nSPS) is 25.4. The zero-order chi connectivity index (χ0) is 12.7. The van der Waals surface area contributed by atoms with Crippen LogP contribution in [0.3, 0.4) is 0 Å². The van der Waals surface area contributed by atoms with Gasteiger partial charge < -0.3 is 0 Å². The van der Waals surface area contributed by atoms with Crippen LogP contribution in [-0.4, -0.2) is 32.7 Å². The van der Waals surface area contributed by atoms with Crippen LogP contribution in [0.15, 0.2) is 6.20 Å². The molecule has 17 heavy (non-hydrogen) atoms. The van der Waals surface area contributed by atoms with Crippen molar-refractivity contribution >= 4 is 11.5 Å². The van der Waals surface area contributed by atoms with Gasteiger partial charge in [0.25, 0.3) is 0 Å². The molecule has 1 aliphatic rings. The first-order valence-electron chi connectivity index (χ1n) is 5.40. The average Bonchev–Trinajstić information content (AvgIpc) is 2.74. The van der Waals surface area contributed by atoms with Crippen LogP contribution in [0, 0.1) is 5.92 Å². The van der Waals surface area contributed by atoms with E-state index in [4.69, 9.17) is 0 Å². The molecule has 1 aromatic heterocycles. The Kier molecular flexibility index (Phi) is 3.15. The molecule has 2 heterocycles.